The average molecular weight is 301 g/mol. The molecule has 0 radical (unpaired) electrons. The molecule has 3 rings (SSSR count). The van der Waals surface area contributed by atoms with Crippen molar-refractivity contribution in [2.24, 2.45) is 7.05 Å². The van der Waals surface area contributed by atoms with Gasteiger partial charge in [-0.25, -0.2) is 4.39 Å². The quantitative estimate of drug-likeness (QED) is 0.546. The zero-order valence-electron chi connectivity index (χ0n) is 11.9. The summed E-state index contributed by atoms with van der Waals surface area (Å²) in [6.45, 7) is 1.67. The number of fused-ring (bicyclic) bond motifs is 1. The van der Waals surface area contributed by atoms with Gasteiger partial charge in [-0.05, 0) is 30.7 Å². The largest absolute Gasteiger partial charge is 0.447 e. The van der Waals surface area contributed by atoms with Gasteiger partial charge in [-0.15, -0.1) is 0 Å². The number of hydrogen-bond donors (Lipinski definition) is 0. The lowest BCUT2D eigenvalue weighted by Crippen LogP contribution is -1.97. The lowest BCUT2D eigenvalue weighted by molar-refractivity contribution is -0.383. The fraction of sp³-hybridized carbons (Fsp3) is 0.133. The molecule has 1 heterocycles. The van der Waals surface area contributed by atoms with Crippen LogP contribution in [-0.4, -0.2) is 14.7 Å². The molecule has 0 bridgehead atoms. The molecule has 0 aliphatic rings. The standard InChI is InChI=1S/C15H12FN3O3/c1-9-4-3-5-11(16)15(9)22-13-7-6-12-10(8-17-18(12)2)14(13)19(20)21/h3-8H,1-2H3. The van der Waals surface area contributed by atoms with Crippen molar-refractivity contribution < 1.29 is 14.1 Å². The first-order valence-electron chi connectivity index (χ1n) is 6.51. The van der Waals surface area contributed by atoms with Crippen molar-refractivity contribution >= 4 is 16.6 Å². The summed E-state index contributed by atoms with van der Waals surface area (Å²) in [6, 6.07) is 7.58. The molecule has 0 atom stereocenters. The third-order valence-corrected chi connectivity index (χ3v) is 3.42. The molecular weight excluding hydrogens is 289 g/mol. The van der Waals surface area contributed by atoms with Gasteiger partial charge in [-0.2, -0.15) is 5.10 Å². The number of nitro groups is 1. The van der Waals surface area contributed by atoms with Crippen molar-refractivity contribution in [3.63, 3.8) is 0 Å². The second kappa shape index (κ2) is 5.10. The topological polar surface area (TPSA) is 70.2 Å². The molecule has 0 spiro atoms. The van der Waals surface area contributed by atoms with Crippen LogP contribution in [0.2, 0.25) is 0 Å². The van der Waals surface area contributed by atoms with E-state index in [1.54, 1.807) is 32.2 Å². The van der Waals surface area contributed by atoms with E-state index in [1.165, 1.54) is 23.0 Å². The average Bonchev–Trinajstić information content (AvgIpc) is 2.84. The van der Waals surface area contributed by atoms with E-state index in [2.05, 4.69) is 5.10 Å². The summed E-state index contributed by atoms with van der Waals surface area (Å²) in [4.78, 5) is 10.9. The second-order valence-corrected chi connectivity index (χ2v) is 4.86. The fourth-order valence-corrected chi connectivity index (χ4v) is 2.32. The summed E-state index contributed by atoms with van der Waals surface area (Å²) in [5, 5.41) is 15.8. The molecule has 0 fully saturated rings. The maximum absolute atomic E-state index is 13.9. The van der Waals surface area contributed by atoms with Crippen LogP contribution in [-0.2, 0) is 7.05 Å². The predicted octanol–water partition coefficient (Wildman–Crippen LogP) is 3.72. The maximum atomic E-state index is 13.9. The zero-order chi connectivity index (χ0) is 15.9. The minimum absolute atomic E-state index is 0.0151. The lowest BCUT2D eigenvalue weighted by atomic mass is 10.2. The van der Waals surface area contributed by atoms with Crippen LogP contribution in [0.25, 0.3) is 10.9 Å². The van der Waals surface area contributed by atoms with E-state index in [-0.39, 0.29) is 17.2 Å². The molecule has 3 aromatic rings. The molecule has 0 aliphatic carbocycles. The van der Waals surface area contributed by atoms with Crippen LogP contribution >= 0.6 is 0 Å². The van der Waals surface area contributed by atoms with Crippen LogP contribution in [0, 0.1) is 22.9 Å². The van der Waals surface area contributed by atoms with Gasteiger partial charge in [0, 0.05) is 7.05 Å². The summed E-state index contributed by atoms with van der Waals surface area (Å²) in [5.41, 5.74) is 0.929. The van der Waals surface area contributed by atoms with Crippen LogP contribution in [0.1, 0.15) is 5.56 Å². The van der Waals surface area contributed by atoms with Crippen molar-refractivity contribution in [3.05, 3.63) is 58.0 Å². The van der Waals surface area contributed by atoms with Gasteiger partial charge >= 0.3 is 5.69 Å². The van der Waals surface area contributed by atoms with Crippen molar-refractivity contribution in [1.82, 2.24) is 9.78 Å². The Hall–Kier alpha value is -2.96. The van der Waals surface area contributed by atoms with E-state index in [1.807, 2.05) is 0 Å². The van der Waals surface area contributed by atoms with Gasteiger partial charge in [0.2, 0.25) is 5.75 Å². The molecule has 0 saturated heterocycles. The highest BCUT2D eigenvalue weighted by molar-refractivity contribution is 5.91. The number of nitrogens with zero attached hydrogens (tertiary/aromatic N) is 3. The number of nitro benzene ring substituents is 1. The Bertz CT molecular complexity index is 869. The Morgan fingerprint density at radius 1 is 1.32 bits per heavy atom. The first-order valence-corrected chi connectivity index (χ1v) is 6.51. The highest BCUT2D eigenvalue weighted by atomic mass is 19.1. The molecule has 6 nitrogen and oxygen atoms in total. The molecule has 0 unspecified atom stereocenters. The van der Waals surface area contributed by atoms with Crippen LogP contribution in [0.5, 0.6) is 11.5 Å². The zero-order valence-corrected chi connectivity index (χ0v) is 11.9. The Labute approximate surface area is 124 Å². The summed E-state index contributed by atoms with van der Waals surface area (Å²) in [6.07, 6.45) is 1.40. The molecule has 0 aliphatic heterocycles. The third-order valence-electron chi connectivity index (χ3n) is 3.42. The molecular formula is C15H12FN3O3. The van der Waals surface area contributed by atoms with Crippen LogP contribution in [0.3, 0.4) is 0 Å². The normalized spacial score (nSPS) is 10.9. The fourth-order valence-electron chi connectivity index (χ4n) is 2.32. The van der Waals surface area contributed by atoms with Gasteiger partial charge in [0.1, 0.15) is 5.39 Å². The highest BCUT2D eigenvalue weighted by Crippen LogP contribution is 2.39. The maximum Gasteiger partial charge on any atom is 0.322 e. The first kappa shape index (κ1) is 14.0. The van der Waals surface area contributed by atoms with Crippen molar-refractivity contribution in [2.45, 2.75) is 6.92 Å². The SMILES string of the molecule is Cc1cccc(F)c1Oc1ccc2c(cnn2C)c1[N+](=O)[O-]. The molecule has 2 aromatic carbocycles. The lowest BCUT2D eigenvalue weighted by Gasteiger charge is -2.10. The Morgan fingerprint density at radius 3 is 2.77 bits per heavy atom. The van der Waals surface area contributed by atoms with Crippen molar-refractivity contribution in [3.8, 4) is 11.5 Å². The van der Waals surface area contributed by atoms with Gasteiger partial charge in [-0.1, -0.05) is 12.1 Å². The minimum Gasteiger partial charge on any atom is -0.447 e. The van der Waals surface area contributed by atoms with Crippen LogP contribution in [0.4, 0.5) is 10.1 Å². The van der Waals surface area contributed by atoms with Gasteiger partial charge < -0.3 is 4.74 Å². The van der Waals surface area contributed by atoms with E-state index < -0.39 is 10.7 Å². The van der Waals surface area contributed by atoms with E-state index in [0.29, 0.717) is 16.5 Å². The highest BCUT2D eigenvalue weighted by Gasteiger charge is 2.23. The van der Waals surface area contributed by atoms with Gasteiger partial charge in [-0.3, -0.25) is 14.8 Å². The molecule has 0 N–H and O–H groups in total. The smallest absolute Gasteiger partial charge is 0.322 e. The van der Waals surface area contributed by atoms with E-state index >= 15 is 0 Å². The molecule has 7 heteroatoms. The van der Waals surface area contributed by atoms with E-state index in [0.717, 1.165) is 0 Å². The van der Waals surface area contributed by atoms with Gasteiger partial charge in [0.05, 0.1) is 16.6 Å². The van der Waals surface area contributed by atoms with Crippen LogP contribution in [0.15, 0.2) is 36.5 Å². The number of hydrogen-bond acceptors (Lipinski definition) is 4. The summed E-state index contributed by atoms with van der Waals surface area (Å²) in [5.74, 6) is -0.604. The van der Waals surface area contributed by atoms with E-state index in [9.17, 15) is 14.5 Å². The predicted molar refractivity (Wildman–Crippen MR) is 78.6 cm³/mol. The van der Waals surface area contributed by atoms with Crippen molar-refractivity contribution in [1.29, 1.82) is 0 Å². The van der Waals surface area contributed by atoms with Crippen LogP contribution < -0.4 is 4.74 Å². The number of para-hydroxylation sites is 1. The Kier molecular flexibility index (Phi) is 3.25. The van der Waals surface area contributed by atoms with Crippen molar-refractivity contribution in [2.75, 3.05) is 0 Å². The van der Waals surface area contributed by atoms with E-state index in [4.69, 9.17) is 4.74 Å². The summed E-state index contributed by atoms with van der Waals surface area (Å²) in [7, 11) is 1.69. The first-order chi connectivity index (χ1) is 10.5. The molecule has 0 saturated carbocycles. The monoisotopic (exact) mass is 301 g/mol. The summed E-state index contributed by atoms with van der Waals surface area (Å²) < 4.78 is 20.9. The number of benzene rings is 2. The molecule has 0 amide bonds. The second-order valence-electron chi connectivity index (χ2n) is 4.86. The number of aromatic nitrogens is 2. The third kappa shape index (κ3) is 2.16. The Morgan fingerprint density at radius 2 is 2.09 bits per heavy atom. The number of halogens is 1. The molecule has 112 valence electrons. The summed E-state index contributed by atoms with van der Waals surface area (Å²) >= 11 is 0. The van der Waals surface area contributed by atoms with Gasteiger partial charge in [0.25, 0.3) is 0 Å². The Balaban J connectivity index is 2.19. The van der Waals surface area contributed by atoms with Gasteiger partial charge in [0.15, 0.2) is 11.6 Å². The molecule has 22 heavy (non-hydrogen) atoms. The number of rotatable bonds is 3. The molecule has 1 aromatic heterocycles. The minimum atomic E-state index is -0.569. The number of ether oxygens (including phenoxy) is 1. The number of aryl methyl sites for hydroxylation is 2.